The third kappa shape index (κ3) is 6.06. The molecule has 0 saturated heterocycles. The second-order valence-electron chi connectivity index (χ2n) is 8.44. The smallest absolute Gasteiger partial charge is 0.237 e. The summed E-state index contributed by atoms with van der Waals surface area (Å²) >= 11 is 0. The highest BCUT2D eigenvalue weighted by Gasteiger charge is 2.35. The lowest BCUT2D eigenvalue weighted by Crippen LogP contribution is -2.46. The Morgan fingerprint density at radius 2 is 1.81 bits per heavy atom. The van der Waals surface area contributed by atoms with Crippen molar-refractivity contribution in [1.29, 1.82) is 0 Å². The summed E-state index contributed by atoms with van der Waals surface area (Å²) in [7, 11) is 0. The van der Waals surface area contributed by atoms with E-state index in [0.717, 1.165) is 18.4 Å². The highest BCUT2D eigenvalue weighted by Crippen LogP contribution is 2.38. The van der Waals surface area contributed by atoms with Crippen LogP contribution < -0.4 is 16.4 Å². The first-order valence-electron chi connectivity index (χ1n) is 10.2. The molecule has 1 fully saturated rings. The molecule has 0 aliphatic heterocycles. The molecular formula is C22H35N3O2. The van der Waals surface area contributed by atoms with Crippen LogP contribution in [0, 0.1) is 23.7 Å². The molecule has 5 nitrogen and oxygen atoms in total. The Morgan fingerprint density at radius 1 is 1.15 bits per heavy atom. The summed E-state index contributed by atoms with van der Waals surface area (Å²) in [6.45, 7) is 8.67. The topological polar surface area (TPSA) is 84.2 Å². The van der Waals surface area contributed by atoms with E-state index in [1.54, 1.807) is 6.92 Å². The molecule has 0 bridgehead atoms. The molecule has 0 spiro atoms. The van der Waals surface area contributed by atoms with Gasteiger partial charge in [-0.05, 0) is 43.1 Å². The van der Waals surface area contributed by atoms with E-state index in [9.17, 15) is 9.59 Å². The van der Waals surface area contributed by atoms with Crippen LogP contribution in [-0.2, 0) is 9.59 Å². The quantitative estimate of drug-likeness (QED) is 0.687. The average molecular weight is 374 g/mol. The zero-order valence-corrected chi connectivity index (χ0v) is 17.1. The van der Waals surface area contributed by atoms with Gasteiger partial charge in [-0.25, -0.2) is 0 Å². The van der Waals surface area contributed by atoms with Gasteiger partial charge in [0.2, 0.25) is 11.8 Å². The lowest BCUT2D eigenvalue weighted by molar-refractivity contribution is -0.130. The molecule has 1 aliphatic rings. The van der Waals surface area contributed by atoms with E-state index >= 15 is 0 Å². The summed E-state index contributed by atoms with van der Waals surface area (Å²) in [4.78, 5) is 25.1. The number of hydrogen-bond acceptors (Lipinski definition) is 3. The molecule has 150 valence electrons. The average Bonchev–Trinajstić information content (AvgIpc) is 2.64. The monoisotopic (exact) mass is 373 g/mol. The van der Waals surface area contributed by atoms with Crippen LogP contribution in [0.25, 0.3) is 0 Å². The third-order valence-corrected chi connectivity index (χ3v) is 5.77. The van der Waals surface area contributed by atoms with Crippen LogP contribution in [0.15, 0.2) is 30.3 Å². The molecule has 1 aromatic rings. The zero-order chi connectivity index (χ0) is 20.0. The van der Waals surface area contributed by atoms with Gasteiger partial charge < -0.3 is 16.4 Å². The summed E-state index contributed by atoms with van der Waals surface area (Å²) in [5.41, 5.74) is 6.66. The second kappa shape index (κ2) is 9.88. The van der Waals surface area contributed by atoms with Gasteiger partial charge in [0.25, 0.3) is 0 Å². The van der Waals surface area contributed by atoms with Crippen molar-refractivity contribution in [3.05, 3.63) is 35.9 Å². The van der Waals surface area contributed by atoms with Gasteiger partial charge in [-0.3, -0.25) is 9.59 Å². The van der Waals surface area contributed by atoms with Gasteiger partial charge in [0.15, 0.2) is 0 Å². The van der Waals surface area contributed by atoms with E-state index in [0.29, 0.717) is 24.3 Å². The molecule has 27 heavy (non-hydrogen) atoms. The fourth-order valence-electron chi connectivity index (χ4n) is 4.08. The van der Waals surface area contributed by atoms with Gasteiger partial charge in [0, 0.05) is 12.5 Å². The van der Waals surface area contributed by atoms with Crippen molar-refractivity contribution in [2.75, 3.05) is 6.54 Å². The van der Waals surface area contributed by atoms with E-state index in [2.05, 4.69) is 31.4 Å². The predicted molar refractivity (Wildman–Crippen MR) is 109 cm³/mol. The number of nitrogens with two attached hydrogens (primary N) is 1. The normalized spacial score (nSPS) is 24.9. The maximum absolute atomic E-state index is 13.0. The highest BCUT2D eigenvalue weighted by molar-refractivity contribution is 5.82. The fraction of sp³-hybridized carbons (Fsp3) is 0.636. The molecule has 0 radical (unpaired) electrons. The maximum Gasteiger partial charge on any atom is 0.237 e. The standard InChI is InChI=1S/C22H35N3O2/c1-14(2)18-11-10-15(3)12-19(18)22(27)24-13-20(25-21(26)16(4)23)17-8-6-5-7-9-17/h5-9,14-16,18-20H,10-13,23H2,1-4H3,(H,24,27)(H,25,26)/t15-,16?,18+,19?,20-/m1/s1. The Balaban J connectivity index is 2.06. The molecular weight excluding hydrogens is 338 g/mol. The Labute approximate surface area is 163 Å². The summed E-state index contributed by atoms with van der Waals surface area (Å²) in [6, 6.07) is 8.84. The molecule has 1 aliphatic carbocycles. The predicted octanol–water partition coefficient (Wildman–Crippen LogP) is 3.02. The SMILES string of the molecule is CC(N)C(=O)N[C@H](CNC(=O)C1C[C@H](C)CC[C@H]1C(C)C)c1ccccc1. The molecule has 5 atom stereocenters. The first kappa shape index (κ1) is 21.4. The number of rotatable bonds is 7. The Hall–Kier alpha value is -1.88. The fourth-order valence-corrected chi connectivity index (χ4v) is 4.08. The Bertz CT molecular complexity index is 615. The number of carbonyl (C=O) groups is 2. The van der Waals surface area contributed by atoms with Crippen LogP contribution in [0.4, 0.5) is 0 Å². The minimum atomic E-state index is -0.587. The van der Waals surface area contributed by atoms with E-state index in [4.69, 9.17) is 5.73 Å². The van der Waals surface area contributed by atoms with Gasteiger partial charge in [0.1, 0.15) is 0 Å². The molecule has 2 rings (SSSR count). The van der Waals surface area contributed by atoms with Crippen LogP contribution in [0.2, 0.25) is 0 Å². The van der Waals surface area contributed by atoms with Crippen LogP contribution in [0.3, 0.4) is 0 Å². The lowest BCUT2D eigenvalue weighted by atomic mass is 9.70. The number of carbonyl (C=O) groups excluding carboxylic acids is 2. The van der Waals surface area contributed by atoms with E-state index in [1.165, 1.54) is 6.42 Å². The molecule has 2 amide bonds. The van der Waals surface area contributed by atoms with Crippen molar-refractivity contribution in [3.63, 3.8) is 0 Å². The second-order valence-corrected chi connectivity index (χ2v) is 8.44. The molecule has 5 heteroatoms. The highest BCUT2D eigenvalue weighted by atomic mass is 16.2. The van der Waals surface area contributed by atoms with E-state index in [1.807, 2.05) is 30.3 Å². The van der Waals surface area contributed by atoms with Gasteiger partial charge in [0.05, 0.1) is 12.1 Å². The Morgan fingerprint density at radius 3 is 2.41 bits per heavy atom. The Kier molecular flexibility index (Phi) is 7.84. The van der Waals surface area contributed by atoms with Crippen molar-refractivity contribution in [1.82, 2.24) is 10.6 Å². The number of amides is 2. The summed E-state index contributed by atoms with van der Waals surface area (Å²) in [5, 5.41) is 6.06. The van der Waals surface area contributed by atoms with Gasteiger partial charge in [-0.15, -0.1) is 0 Å². The summed E-state index contributed by atoms with van der Waals surface area (Å²) in [5.74, 6) is 1.44. The van der Waals surface area contributed by atoms with Crippen molar-refractivity contribution in [2.45, 2.75) is 59.0 Å². The van der Waals surface area contributed by atoms with Crippen LogP contribution >= 0.6 is 0 Å². The van der Waals surface area contributed by atoms with Crippen LogP contribution in [0.5, 0.6) is 0 Å². The van der Waals surface area contributed by atoms with Crippen molar-refractivity contribution in [2.24, 2.45) is 29.4 Å². The first-order chi connectivity index (χ1) is 12.8. The molecule has 2 unspecified atom stereocenters. The number of benzene rings is 1. The minimum Gasteiger partial charge on any atom is -0.353 e. The molecule has 0 aromatic heterocycles. The summed E-state index contributed by atoms with van der Waals surface area (Å²) < 4.78 is 0. The van der Waals surface area contributed by atoms with Gasteiger partial charge in [-0.2, -0.15) is 0 Å². The van der Waals surface area contributed by atoms with Gasteiger partial charge in [-0.1, -0.05) is 57.5 Å². The van der Waals surface area contributed by atoms with Crippen LogP contribution in [-0.4, -0.2) is 24.4 Å². The van der Waals surface area contributed by atoms with Crippen molar-refractivity contribution in [3.8, 4) is 0 Å². The van der Waals surface area contributed by atoms with E-state index < -0.39 is 6.04 Å². The first-order valence-corrected chi connectivity index (χ1v) is 10.2. The zero-order valence-electron chi connectivity index (χ0n) is 17.1. The summed E-state index contributed by atoms with van der Waals surface area (Å²) in [6.07, 6.45) is 3.25. The third-order valence-electron chi connectivity index (χ3n) is 5.77. The molecule has 1 aromatic carbocycles. The molecule has 1 saturated carbocycles. The molecule has 4 N–H and O–H groups in total. The maximum atomic E-state index is 13.0. The van der Waals surface area contributed by atoms with Crippen molar-refractivity contribution < 1.29 is 9.59 Å². The minimum absolute atomic E-state index is 0.0503. The van der Waals surface area contributed by atoms with Gasteiger partial charge >= 0.3 is 0 Å². The largest absolute Gasteiger partial charge is 0.353 e. The van der Waals surface area contributed by atoms with Crippen LogP contribution in [0.1, 0.15) is 58.6 Å². The van der Waals surface area contributed by atoms with Crippen molar-refractivity contribution >= 4 is 11.8 Å². The number of nitrogens with one attached hydrogen (secondary N) is 2. The van der Waals surface area contributed by atoms with E-state index in [-0.39, 0.29) is 23.8 Å². The lowest BCUT2D eigenvalue weighted by Gasteiger charge is -2.36. The number of hydrogen-bond donors (Lipinski definition) is 3. The molecule has 0 heterocycles.